The summed E-state index contributed by atoms with van der Waals surface area (Å²) in [6, 6.07) is 10.0. The second-order valence-corrected chi connectivity index (χ2v) is 9.08. The van der Waals surface area contributed by atoms with Gasteiger partial charge in [0.25, 0.3) is 0 Å². The van der Waals surface area contributed by atoms with Gasteiger partial charge in [0.1, 0.15) is 25.1 Å². The third-order valence-corrected chi connectivity index (χ3v) is 6.52. The van der Waals surface area contributed by atoms with Crippen molar-refractivity contribution >= 4 is 11.8 Å². The zero-order valence-corrected chi connectivity index (χ0v) is 20.2. The Kier molecular flexibility index (Phi) is 9.02. The summed E-state index contributed by atoms with van der Waals surface area (Å²) in [7, 11) is 1.45. The number of pyridine rings is 1. The van der Waals surface area contributed by atoms with Crippen LogP contribution in [0.15, 0.2) is 30.3 Å². The molecule has 2 aliphatic rings. The predicted octanol–water partition coefficient (Wildman–Crippen LogP) is 4.43. The molecule has 1 atom stereocenters. The van der Waals surface area contributed by atoms with Crippen molar-refractivity contribution in [2.24, 2.45) is 0 Å². The van der Waals surface area contributed by atoms with E-state index in [9.17, 15) is 4.79 Å². The van der Waals surface area contributed by atoms with Crippen molar-refractivity contribution in [1.29, 1.82) is 0 Å². The van der Waals surface area contributed by atoms with Crippen LogP contribution in [0.4, 0.5) is 5.82 Å². The highest BCUT2D eigenvalue weighted by atomic mass is 16.6. The lowest BCUT2D eigenvalue weighted by Crippen LogP contribution is -2.37. The molecule has 7 nitrogen and oxygen atoms in total. The molecule has 1 aromatic carbocycles. The quantitative estimate of drug-likeness (QED) is 0.353. The number of aryl methyl sites for hydroxylation is 2. The number of methoxy groups -OCH3 is 1. The Hall–Kier alpha value is -2.80. The Bertz CT molecular complexity index is 949. The largest absolute Gasteiger partial charge is 0.486 e. The zero-order chi connectivity index (χ0) is 23.6. The first-order valence-electron chi connectivity index (χ1n) is 12.7. The normalized spacial score (nSPS) is 15.2. The Balaban J connectivity index is 1.14. The molecule has 0 spiro atoms. The van der Waals surface area contributed by atoms with E-state index in [4.69, 9.17) is 19.2 Å². The number of unbranched alkanes of at least 4 members (excludes halogenated alkanes) is 4. The van der Waals surface area contributed by atoms with Gasteiger partial charge in [-0.15, -0.1) is 0 Å². The molecule has 184 valence electrons. The molecular formula is C27H37N3O4. The van der Waals surface area contributed by atoms with Crippen LogP contribution in [-0.4, -0.2) is 43.9 Å². The number of carbonyl (C=O) groups is 1. The Labute approximate surface area is 202 Å². The lowest BCUT2D eigenvalue weighted by Gasteiger charge is -2.20. The van der Waals surface area contributed by atoms with Crippen LogP contribution in [0, 0.1) is 0 Å². The van der Waals surface area contributed by atoms with E-state index in [2.05, 4.69) is 22.8 Å². The van der Waals surface area contributed by atoms with Gasteiger partial charge in [0.15, 0.2) is 11.5 Å². The third-order valence-electron chi connectivity index (χ3n) is 6.52. The predicted molar refractivity (Wildman–Crippen MR) is 133 cm³/mol. The van der Waals surface area contributed by atoms with Crippen molar-refractivity contribution in [3.05, 3.63) is 47.2 Å². The molecule has 0 aliphatic carbocycles. The van der Waals surface area contributed by atoms with Crippen LogP contribution < -0.4 is 20.1 Å². The van der Waals surface area contributed by atoms with Crippen LogP contribution in [0.3, 0.4) is 0 Å². The topological polar surface area (TPSA) is 81.7 Å². The van der Waals surface area contributed by atoms with E-state index in [-0.39, 0.29) is 12.0 Å². The number of esters is 1. The molecule has 0 radical (unpaired) electrons. The maximum atomic E-state index is 12.2. The molecule has 0 saturated carbocycles. The van der Waals surface area contributed by atoms with Crippen molar-refractivity contribution in [2.45, 2.75) is 70.4 Å². The molecule has 0 amide bonds. The minimum absolute atomic E-state index is 0.204. The Morgan fingerprint density at radius 3 is 2.79 bits per heavy atom. The van der Waals surface area contributed by atoms with Crippen LogP contribution in [-0.2, 0) is 28.9 Å². The van der Waals surface area contributed by atoms with Gasteiger partial charge in [0, 0.05) is 18.8 Å². The van der Waals surface area contributed by atoms with Gasteiger partial charge >= 0.3 is 5.97 Å². The summed E-state index contributed by atoms with van der Waals surface area (Å²) < 4.78 is 16.2. The lowest BCUT2D eigenvalue weighted by molar-refractivity contribution is -0.143. The summed E-state index contributed by atoms with van der Waals surface area (Å²) in [4.78, 5) is 17.0. The number of hydrogen-bond acceptors (Lipinski definition) is 7. The average molecular weight is 468 g/mol. The summed E-state index contributed by atoms with van der Waals surface area (Å²) in [6.07, 6.45) is 9.72. The lowest BCUT2D eigenvalue weighted by atomic mass is 10.0. The average Bonchev–Trinajstić information content (AvgIpc) is 2.89. The molecule has 7 heteroatoms. The van der Waals surface area contributed by atoms with E-state index in [1.807, 2.05) is 18.2 Å². The molecule has 0 bridgehead atoms. The van der Waals surface area contributed by atoms with Crippen LogP contribution in [0.1, 0.15) is 61.8 Å². The molecular weight excluding hydrogens is 430 g/mol. The van der Waals surface area contributed by atoms with Gasteiger partial charge in [-0.1, -0.05) is 37.8 Å². The number of carbonyl (C=O) groups excluding carboxylic acids is 1. The molecule has 2 aromatic rings. The number of anilines is 1. The summed E-state index contributed by atoms with van der Waals surface area (Å²) >= 11 is 0. The fourth-order valence-electron chi connectivity index (χ4n) is 4.58. The first-order chi connectivity index (χ1) is 16.7. The van der Waals surface area contributed by atoms with Crippen molar-refractivity contribution in [2.75, 3.05) is 32.2 Å². The molecule has 0 fully saturated rings. The van der Waals surface area contributed by atoms with Crippen LogP contribution in [0.5, 0.6) is 11.5 Å². The monoisotopic (exact) mass is 467 g/mol. The standard InChI is InChI=1S/C27H37N3O4/c1-32-27(31)23(29-19-20-11-14-24-25(18-20)34-17-16-33-24)10-6-4-2-3-5-9-22-13-12-21-8-7-15-28-26(21)30-22/h11-14,18,23,29H,2-10,15-17,19H2,1H3,(H,28,30). The van der Waals surface area contributed by atoms with Crippen molar-refractivity contribution < 1.29 is 19.0 Å². The zero-order valence-electron chi connectivity index (χ0n) is 20.2. The van der Waals surface area contributed by atoms with Gasteiger partial charge in [0.2, 0.25) is 0 Å². The number of nitrogens with zero attached hydrogens (tertiary/aromatic N) is 1. The molecule has 4 rings (SSSR count). The molecule has 0 saturated heterocycles. The van der Waals surface area contributed by atoms with Gasteiger partial charge in [-0.05, 0) is 61.4 Å². The van der Waals surface area contributed by atoms with Gasteiger partial charge in [-0.2, -0.15) is 0 Å². The Morgan fingerprint density at radius 1 is 1.09 bits per heavy atom. The van der Waals surface area contributed by atoms with Crippen molar-refractivity contribution in [3.8, 4) is 11.5 Å². The molecule has 3 heterocycles. The van der Waals surface area contributed by atoms with E-state index in [0.717, 1.165) is 68.0 Å². The number of rotatable bonds is 12. The third kappa shape index (κ3) is 6.86. The summed E-state index contributed by atoms with van der Waals surface area (Å²) in [5, 5.41) is 6.77. The van der Waals surface area contributed by atoms with E-state index in [1.54, 1.807) is 0 Å². The minimum atomic E-state index is -0.301. The second kappa shape index (κ2) is 12.6. The molecule has 1 unspecified atom stereocenters. The van der Waals surface area contributed by atoms with Gasteiger partial charge in [-0.3, -0.25) is 4.79 Å². The van der Waals surface area contributed by atoms with Crippen LogP contribution in [0.25, 0.3) is 0 Å². The second-order valence-electron chi connectivity index (χ2n) is 9.08. The number of benzene rings is 1. The van der Waals surface area contributed by atoms with Gasteiger partial charge in [0.05, 0.1) is 7.11 Å². The first kappa shape index (κ1) is 24.3. The van der Waals surface area contributed by atoms with E-state index >= 15 is 0 Å². The van der Waals surface area contributed by atoms with Gasteiger partial charge < -0.3 is 24.8 Å². The molecule has 34 heavy (non-hydrogen) atoms. The fourth-order valence-corrected chi connectivity index (χ4v) is 4.58. The fraction of sp³-hybridized carbons (Fsp3) is 0.556. The highest BCUT2D eigenvalue weighted by Crippen LogP contribution is 2.30. The maximum Gasteiger partial charge on any atom is 0.322 e. The smallest absolute Gasteiger partial charge is 0.322 e. The summed E-state index contributed by atoms with van der Waals surface area (Å²) in [6.45, 7) is 2.76. The number of aromatic nitrogens is 1. The van der Waals surface area contributed by atoms with Gasteiger partial charge in [-0.25, -0.2) is 4.98 Å². The number of nitrogens with one attached hydrogen (secondary N) is 2. The van der Waals surface area contributed by atoms with Crippen molar-refractivity contribution in [1.82, 2.24) is 10.3 Å². The van der Waals surface area contributed by atoms with E-state index in [1.165, 1.54) is 37.6 Å². The number of fused-ring (bicyclic) bond motifs is 2. The molecule has 2 aliphatic heterocycles. The number of ether oxygens (including phenoxy) is 3. The van der Waals surface area contributed by atoms with Crippen LogP contribution >= 0.6 is 0 Å². The van der Waals surface area contributed by atoms with E-state index in [0.29, 0.717) is 19.8 Å². The minimum Gasteiger partial charge on any atom is -0.486 e. The molecule has 1 aromatic heterocycles. The summed E-state index contributed by atoms with van der Waals surface area (Å²) in [5.74, 6) is 2.42. The number of hydrogen-bond donors (Lipinski definition) is 2. The highest BCUT2D eigenvalue weighted by Gasteiger charge is 2.19. The van der Waals surface area contributed by atoms with E-state index < -0.39 is 0 Å². The maximum absolute atomic E-state index is 12.2. The molecule has 2 N–H and O–H groups in total. The summed E-state index contributed by atoms with van der Waals surface area (Å²) in [5.41, 5.74) is 3.59. The SMILES string of the molecule is COC(=O)C(CCCCCCCc1ccc2c(n1)NCCC2)NCc1ccc2c(c1)OCCO2. The van der Waals surface area contributed by atoms with Crippen molar-refractivity contribution in [3.63, 3.8) is 0 Å². The highest BCUT2D eigenvalue weighted by molar-refractivity contribution is 5.75. The first-order valence-corrected chi connectivity index (χ1v) is 12.7. The van der Waals surface area contributed by atoms with Crippen LogP contribution in [0.2, 0.25) is 0 Å². The Morgan fingerprint density at radius 2 is 1.91 bits per heavy atom.